The molecule has 2 unspecified atom stereocenters. The van der Waals surface area contributed by atoms with E-state index in [0.717, 1.165) is 37.2 Å². The van der Waals surface area contributed by atoms with Gasteiger partial charge in [-0.25, -0.2) is 0 Å². The van der Waals surface area contributed by atoms with Crippen molar-refractivity contribution in [3.05, 3.63) is 22.8 Å². The molecular formula is C16H26O. The van der Waals surface area contributed by atoms with Crippen LogP contribution in [0.5, 0.6) is 0 Å². The van der Waals surface area contributed by atoms with Crippen molar-refractivity contribution in [1.82, 2.24) is 0 Å². The molecule has 0 bridgehead atoms. The zero-order valence-corrected chi connectivity index (χ0v) is 12.0. The van der Waals surface area contributed by atoms with Gasteiger partial charge in [-0.05, 0) is 63.9 Å². The zero-order chi connectivity index (χ0) is 13.0. The number of allylic oxidation sites excluding steroid dienone is 4. The van der Waals surface area contributed by atoms with Gasteiger partial charge in [0, 0.05) is 0 Å². The third-order valence-corrected chi connectivity index (χ3v) is 3.92. The largest absolute Gasteiger partial charge is 0.295 e. The lowest BCUT2D eigenvalue weighted by Gasteiger charge is -2.29. The smallest absolute Gasteiger partial charge is 0.155 e. The molecule has 0 spiro atoms. The average molecular weight is 234 g/mol. The van der Waals surface area contributed by atoms with Crippen molar-refractivity contribution in [1.29, 1.82) is 0 Å². The maximum Gasteiger partial charge on any atom is 0.155 e. The lowest BCUT2D eigenvalue weighted by Crippen LogP contribution is -2.20. The van der Waals surface area contributed by atoms with E-state index in [1.54, 1.807) is 6.92 Å². The van der Waals surface area contributed by atoms with Crippen LogP contribution < -0.4 is 0 Å². The molecule has 2 atom stereocenters. The second-order valence-corrected chi connectivity index (χ2v) is 5.82. The van der Waals surface area contributed by atoms with Crippen LogP contribution in [-0.4, -0.2) is 5.78 Å². The van der Waals surface area contributed by atoms with E-state index in [9.17, 15) is 4.79 Å². The Kier molecular flexibility index (Phi) is 5.17. The zero-order valence-electron chi connectivity index (χ0n) is 12.0. The summed E-state index contributed by atoms with van der Waals surface area (Å²) in [6.07, 6.45) is 6.52. The molecule has 17 heavy (non-hydrogen) atoms. The van der Waals surface area contributed by atoms with E-state index in [1.165, 1.54) is 11.1 Å². The Bertz CT molecular complexity index is 343. The molecule has 1 heteroatoms. The summed E-state index contributed by atoms with van der Waals surface area (Å²) in [5, 5.41) is 0. The van der Waals surface area contributed by atoms with Crippen LogP contribution in [0.25, 0.3) is 0 Å². The topological polar surface area (TPSA) is 17.1 Å². The van der Waals surface area contributed by atoms with Gasteiger partial charge in [0.2, 0.25) is 0 Å². The van der Waals surface area contributed by atoms with Crippen LogP contribution in [0.15, 0.2) is 22.8 Å². The van der Waals surface area contributed by atoms with Gasteiger partial charge >= 0.3 is 0 Å². The molecular weight excluding hydrogens is 208 g/mol. The Labute approximate surface area is 106 Å². The third-order valence-electron chi connectivity index (χ3n) is 3.92. The molecule has 0 amide bonds. The first-order chi connectivity index (χ1) is 7.91. The maximum absolute atomic E-state index is 11.7. The Morgan fingerprint density at radius 1 is 1.18 bits per heavy atom. The number of carbonyl (C=O) groups is 1. The predicted molar refractivity (Wildman–Crippen MR) is 73.9 cm³/mol. The van der Waals surface area contributed by atoms with Gasteiger partial charge in [0.05, 0.1) is 0 Å². The highest BCUT2D eigenvalue weighted by atomic mass is 16.1. The minimum Gasteiger partial charge on any atom is -0.295 e. The van der Waals surface area contributed by atoms with Crippen LogP contribution >= 0.6 is 0 Å². The fourth-order valence-corrected chi connectivity index (χ4v) is 2.56. The molecule has 0 aliphatic heterocycles. The van der Waals surface area contributed by atoms with Crippen molar-refractivity contribution in [2.75, 3.05) is 0 Å². The van der Waals surface area contributed by atoms with E-state index in [4.69, 9.17) is 0 Å². The standard InChI is InChI=1S/C16H26O/c1-11(2)7-6-8-15-9-12(3)13(4)10-16(15)14(5)17/h7,12-13H,6,8-10H2,1-5H3. The molecule has 96 valence electrons. The molecule has 1 aliphatic carbocycles. The van der Waals surface area contributed by atoms with Gasteiger partial charge in [0.15, 0.2) is 5.78 Å². The Morgan fingerprint density at radius 2 is 1.76 bits per heavy atom. The van der Waals surface area contributed by atoms with Crippen LogP contribution in [-0.2, 0) is 4.79 Å². The molecule has 0 fully saturated rings. The van der Waals surface area contributed by atoms with Crippen molar-refractivity contribution in [2.45, 2.75) is 60.3 Å². The van der Waals surface area contributed by atoms with Gasteiger partial charge in [-0.2, -0.15) is 0 Å². The molecule has 1 rings (SSSR count). The quantitative estimate of drug-likeness (QED) is 0.645. The first-order valence-corrected chi connectivity index (χ1v) is 6.77. The van der Waals surface area contributed by atoms with Crippen LogP contribution in [0.1, 0.15) is 60.3 Å². The molecule has 0 saturated carbocycles. The molecule has 0 aromatic rings. The monoisotopic (exact) mass is 234 g/mol. The maximum atomic E-state index is 11.7. The van der Waals surface area contributed by atoms with Crippen LogP contribution in [0.3, 0.4) is 0 Å². The fourth-order valence-electron chi connectivity index (χ4n) is 2.56. The van der Waals surface area contributed by atoms with Crippen molar-refractivity contribution in [3.8, 4) is 0 Å². The van der Waals surface area contributed by atoms with Gasteiger partial charge in [-0.3, -0.25) is 4.79 Å². The summed E-state index contributed by atoms with van der Waals surface area (Å²) >= 11 is 0. The van der Waals surface area contributed by atoms with Crippen molar-refractivity contribution in [3.63, 3.8) is 0 Å². The second-order valence-electron chi connectivity index (χ2n) is 5.82. The van der Waals surface area contributed by atoms with Gasteiger partial charge in [0.1, 0.15) is 0 Å². The molecule has 0 radical (unpaired) electrons. The summed E-state index contributed by atoms with van der Waals surface area (Å²) < 4.78 is 0. The summed E-state index contributed by atoms with van der Waals surface area (Å²) in [4.78, 5) is 11.7. The van der Waals surface area contributed by atoms with Gasteiger partial charge < -0.3 is 0 Å². The Balaban J connectivity index is 2.78. The van der Waals surface area contributed by atoms with E-state index in [2.05, 4.69) is 33.8 Å². The normalized spacial score (nSPS) is 24.8. The summed E-state index contributed by atoms with van der Waals surface area (Å²) in [6.45, 7) is 10.6. The summed E-state index contributed by atoms with van der Waals surface area (Å²) in [5.74, 6) is 1.66. The van der Waals surface area contributed by atoms with Gasteiger partial charge in [-0.1, -0.05) is 31.1 Å². The molecule has 1 aliphatic rings. The number of hydrogen-bond acceptors (Lipinski definition) is 1. The van der Waals surface area contributed by atoms with Crippen LogP contribution in [0.4, 0.5) is 0 Å². The van der Waals surface area contributed by atoms with Crippen molar-refractivity contribution < 1.29 is 4.79 Å². The van der Waals surface area contributed by atoms with Crippen molar-refractivity contribution >= 4 is 5.78 Å². The van der Waals surface area contributed by atoms with Gasteiger partial charge in [0.25, 0.3) is 0 Å². The third kappa shape index (κ3) is 4.14. The van der Waals surface area contributed by atoms with E-state index in [0.29, 0.717) is 5.92 Å². The first-order valence-electron chi connectivity index (χ1n) is 6.77. The minimum atomic E-state index is 0.288. The number of rotatable bonds is 4. The summed E-state index contributed by atoms with van der Waals surface area (Å²) in [5.41, 5.74) is 3.91. The number of carbonyl (C=O) groups excluding carboxylic acids is 1. The van der Waals surface area contributed by atoms with Crippen LogP contribution in [0.2, 0.25) is 0 Å². The summed E-state index contributed by atoms with van der Waals surface area (Å²) in [7, 11) is 0. The van der Waals surface area contributed by atoms with E-state index in [1.807, 2.05) is 0 Å². The number of ketones is 1. The Morgan fingerprint density at radius 3 is 2.29 bits per heavy atom. The number of Topliss-reactive ketones (excluding diaryl/α,β-unsaturated/α-hetero) is 1. The fraction of sp³-hybridized carbons (Fsp3) is 0.688. The molecule has 1 nitrogen and oxygen atoms in total. The molecule has 0 heterocycles. The Hall–Kier alpha value is -0.850. The average Bonchev–Trinajstić information content (AvgIpc) is 2.22. The second kappa shape index (κ2) is 6.18. The highest BCUT2D eigenvalue weighted by Gasteiger charge is 2.25. The highest BCUT2D eigenvalue weighted by molar-refractivity contribution is 5.94. The van der Waals surface area contributed by atoms with E-state index in [-0.39, 0.29) is 5.78 Å². The highest BCUT2D eigenvalue weighted by Crippen LogP contribution is 2.36. The molecule has 0 aromatic carbocycles. The van der Waals surface area contributed by atoms with Crippen molar-refractivity contribution in [2.24, 2.45) is 11.8 Å². The summed E-state index contributed by atoms with van der Waals surface area (Å²) in [6, 6.07) is 0. The number of hydrogen-bond donors (Lipinski definition) is 0. The van der Waals surface area contributed by atoms with E-state index < -0.39 is 0 Å². The molecule has 0 saturated heterocycles. The first kappa shape index (κ1) is 14.2. The minimum absolute atomic E-state index is 0.288. The molecule has 0 aromatic heterocycles. The lowest BCUT2D eigenvalue weighted by molar-refractivity contribution is -0.114. The molecule has 0 N–H and O–H groups in total. The van der Waals surface area contributed by atoms with E-state index >= 15 is 0 Å². The SMILES string of the molecule is CC(=O)C1=C(CCC=C(C)C)CC(C)C(C)C1. The van der Waals surface area contributed by atoms with Gasteiger partial charge in [-0.15, -0.1) is 0 Å². The predicted octanol–water partition coefficient (Wildman–Crippen LogP) is 4.68. The lowest BCUT2D eigenvalue weighted by atomic mass is 9.75. The van der Waals surface area contributed by atoms with Crippen LogP contribution in [0, 0.1) is 11.8 Å².